The summed E-state index contributed by atoms with van der Waals surface area (Å²) >= 11 is 0. The topological polar surface area (TPSA) is 102 Å². The fourth-order valence-electron chi connectivity index (χ4n) is 2.61. The lowest BCUT2D eigenvalue weighted by atomic mass is 10.0. The Hall–Kier alpha value is -1.35. The van der Waals surface area contributed by atoms with E-state index in [4.69, 9.17) is 10.5 Å². The van der Waals surface area contributed by atoms with Crippen LogP contribution < -0.4 is 15.8 Å². The number of hydrogen-bond acceptors (Lipinski definition) is 5. The Morgan fingerprint density at radius 2 is 1.81 bits per heavy atom. The average molecular weight is 422 g/mol. The molecule has 0 spiro atoms. The fourth-order valence-corrected chi connectivity index (χ4v) is 4.23. The molecule has 0 fully saturated rings. The number of carbonyl (C=O) groups is 1. The fraction of sp³-hybridized carbons (Fsp3) is 0.611. The second kappa shape index (κ2) is 11.5. The molecule has 1 rings (SSSR count). The molecule has 0 saturated carbocycles. The first-order chi connectivity index (χ1) is 12.2. The van der Waals surface area contributed by atoms with Gasteiger partial charge in [-0.2, -0.15) is 4.31 Å². The summed E-state index contributed by atoms with van der Waals surface area (Å²) in [5, 5.41) is 2.70. The first kappa shape index (κ1) is 25.6. The molecule has 1 atom stereocenters. The van der Waals surface area contributed by atoms with Gasteiger partial charge < -0.3 is 15.8 Å². The predicted molar refractivity (Wildman–Crippen MR) is 111 cm³/mol. The van der Waals surface area contributed by atoms with Gasteiger partial charge in [-0.05, 0) is 37.5 Å². The number of rotatable bonds is 10. The standard InChI is InChI=1S/C18H31N3O4S.ClH/c1-6-21(7-2)26(23,24)17-12-14(9-10-16(17)25-8-3)20-18(22)15(19)11-13(4)5;/h9-10,12-13,15H,6-8,11,19H2,1-5H3,(H,20,22);1H/t15-;/m0./s1. The Balaban J connectivity index is 0.00000676. The lowest BCUT2D eigenvalue weighted by molar-refractivity contribution is -0.117. The predicted octanol–water partition coefficient (Wildman–Crippen LogP) is 2.85. The smallest absolute Gasteiger partial charge is 0.246 e. The van der Waals surface area contributed by atoms with Gasteiger partial charge in [0.05, 0.1) is 12.6 Å². The van der Waals surface area contributed by atoms with Gasteiger partial charge in [0, 0.05) is 18.8 Å². The van der Waals surface area contributed by atoms with E-state index in [1.165, 1.54) is 10.4 Å². The van der Waals surface area contributed by atoms with Crippen LogP contribution in [0.25, 0.3) is 0 Å². The highest BCUT2D eigenvalue weighted by Gasteiger charge is 2.26. The molecule has 0 unspecified atom stereocenters. The van der Waals surface area contributed by atoms with E-state index in [0.29, 0.717) is 31.8 Å². The lowest BCUT2D eigenvalue weighted by Gasteiger charge is -2.21. The van der Waals surface area contributed by atoms with Gasteiger partial charge in [0.25, 0.3) is 0 Å². The number of carbonyl (C=O) groups excluding carboxylic acids is 1. The van der Waals surface area contributed by atoms with E-state index in [2.05, 4.69) is 5.32 Å². The van der Waals surface area contributed by atoms with Crippen LogP contribution in [0.4, 0.5) is 5.69 Å². The number of hydrogen-bond donors (Lipinski definition) is 2. The third-order valence-corrected chi connectivity index (χ3v) is 5.97. The summed E-state index contributed by atoms with van der Waals surface area (Å²) in [6.45, 7) is 10.3. The van der Waals surface area contributed by atoms with Crippen LogP contribution in [-0.2, 0) is 14.8 Å². The quantitative estimate of drug-likeness (QED) is 0.604. The van der Waals surface area contributed by atoms with Crippen LogP contribution >= 0.6 is 12.4 Å². The van der Waals surface area contributed by atoms with Crippen molar-refractivity contribution >= 4 is 34.0 Å². The number of nitrogens with one attached hydrogen (secondary N) is 1. The highest BCUT2D eigenvalue weighted by Crippen LogP contribution is 2.30. The van der Waals surface area contributed by atoms with Crippen LogP contribution in [0.3, 0.4) is 0 Å². The highest BCUT2D eigenvalue weighted by atomic mass is 35.5. The molecule has 1 aromatic rings. The van der Waals surface area contributed by atoms with Crippen molar-refractivity contribution in [2.45, 2.75) is 52.0 Å². The Morgan fingerprint density at radius 3 is 2.30 bits per heavy atom. The Kier molecular flexibility index (Phi) is 10.9. The summed E-state index contributed by atoms with van der Waals surface area (Å²) in [5.74, 6) is 0.215. The van der Waals surface area contributed by atoms with Crippen molar-refractivity contribution in [2.75, 3.05) is 25.0 Å². The molecule has 9 heteroatoms. The minimum absolute atomic E-state index is 0. The molecule has 0 radical (unpaired) electrons. The zero-order chi connectivity index (χ0) is 19.9. The van der Waals surface area contributed by atoms with Crippen molar-refractivity contribution < 1.29 is 17.9 Å². The average Bonchev–Trinajstić information content (AvgIpc) is 2.56. The largest absolute Gasteiger partial charge is 0.492 e. The van der Waals surface area contributed by atoms with Crippen LogP contribution in [-0.4, -0.2) is 44.4 Å². The maximum Gasteiger partial charge on any atom is 0.246 e. The normalized spacial score (nSPS) is 12.6. The second-order valence-electron chi connectivity index (χ2n) is 6.41. The molecule has 156 valence electrons. The van der Waals surface area contributed by atoms with Crippen molar-refractivity contribution in [3.8, 4) is 5.75 Å². The molecule has 0 heterocycles. The molecule has 1 aromatic carbocycles. The molecule has 0 aliphatic carbocycles. The molecule has 3 N–H and O–H groups in total. The first-order valence-corrected chi connectivity index (χ1v) is 10.4. The third kappa shape index (κ3) is 6.95. The van der Waals surface area contributed by atoms with Gasteiger partial charge in [-0.25, -0.2) is 8.42 Å². The highest BCUT2D eigenvalue weighted by molar-refractivity contribution is 7.89. The third-order valence-electron chi connectivity index (χ3n) is 3.90. The van der Waals surface area contributed by atoms with Crippen molar-refractivity contribution in [1.82, 2.24) is 4.31 Å². The van der Waals surface area contributed by atoms with Gasteiger partial charge in [0.15, 0.2) is 0 Å². The minimum Gasteiger partial charge on any atom is -0.492 e. The summed E-state index contributed by atoms with van der Waals surface area (Å²) in [6, 6.07) is 3.96. The number of amides is 1. The van der Waals surface area contributed by atoms with E-state index in [-0.39, 0.29) is 34.9 Å². The van der Waals surface area contributed by atoms with Crippen LogP contribution in [0.1, 0.15) is 41.0 Å². The SMILES string of the molecule is CCOc1ccc(NC(=O)[C@@H](N)CC(C)C)cc1S(=O)(=O)N(CC)CC.Cl. The van der Waals surface area contributed by atoms with E-state index >= 15 is 0 Å². The van der Waals surface area contributed by atoms with Crippen LogP contribution in [0, 0.1) is 5.92 Å². The summed E-state index contributed by atoms with van der Waals surface area (Å²) in [5.41, 5.74) is 6.27. The number of sulfonamides is 1. The van der Waals surface area contributed by atoms with E-state index < -0.39 is 16.1 Å². The minimum atomic E-state index is -3.73. The molecule has 0 aromatic heterocycles. The maximum atomic E-state index is 12.9. The van der Waals surface area contributed by atoms with Crippen molar-refractivity contribution in [3.63, 3.8) is 0 Å². The zero-order valence-electron chi connectivity index (χ0n) is 16.7. The van der Waals surface area contributed by atoms with Crippen molar-refractivity contribution in [1.29, 1.82) is 0 Å². The molecular formula is C18H32ClN3O4S. The van der Waals surface area contributed by atoms with E-state index in [1.807, 2.05) is 13.8 Å². The first-order valence-electron chi connectivity index (χ1n) is 9.00. The number of nitrogens with two attached hydrogens (primary N) is 1. The molecule has 0 saturated heterocycles. The Morgan fingerprint density at radius 1 is 1.22 bits per heavy atom. The molecule has 0 aliphatic rings. The number of nitrogens with zero attached hydrogens (tertiary/aromatic N) is 1. The monoisotopic (exact) mass is 421 g/mol. The van der Waals surface area contributed by atoms with Gasteiger partial charge in [-0.3, -0.25) is 4.79 Å². The molecule has 27 heavy (non-hydrogen) atoms. The van der Waals surface area contributed by atoms with Gasteiger partial charge in [0.1, 0.15) is 10.6 Å². The van der Waals surface area contributed by atoms with Gasteiger partial charge in [-0.1, -0.05) is 27.7 Å². The van der Waals surface area contributed by atoms with Crippen LogP contribution in [0.5, 0.6) is 5.75 Å². The Bertz CT molecular complexity index is 707. The number of halogens is 1. The van der Waals surface area contributed by atoms with Gasteiger partial charge in [-0.15, -0.1) is 12.4 Å². The molecule has 1 amide bonds. The number of ether oxygens (including phenoxy) is 1. The van der Waals surface area contributed by atoms with Gasteiger partial charge >= 0.3 is 0 Å². The second-order valence-corrected chi connectivity index (χ2v) is 8.32. The van der Waals surface area contributed by atoms with Gasteiger partial charge in [0.2, 0.25) is 15.9 Å². The summed E-state index contributed by atoms with van der Waals surface area (Å²) in [7, 11) is -3.73. The maximum absolute atomic E-state index is 12.9. The molecule has 0 bridgehead atoms. The van der Waals surface area contributed by atoms with Crippen LogP contribution in [0.2, 0.25) is 0 Å². The van der Waals surface area contributed by atoms with Crippen molar-refractivity contribution in [2.24, 2.45) is 11.7 Å². The summed E-state index contributed by atoms with van der Waals surface area (Å²) in [6.07, 6.45) is 0.549. The van der Waals surface area contributed by atoms with E-state index in [0.717, 1.165) is 0 Å². The molecular weight excluding hydrogens is 390 g/mol. The zero-order valence-corrected chi connectivity index (χ0v) is 18.3. The number of benzene rings is 1. The van der Waals surface area contributed by atoms with Crippen LogP contribution in [0.15, 0.2) is 23.1 Å². The Labute approximate surface area is 169 Å². The van der Waals surface area contributed by atoms with Crippen molar-refractivity contribution in [3.05, 3.63) is 18.2 Å². The summed E-state index contributed by atoms with van der Waals surface area (Å²) < 4.78 is 32.7. The van der Waals surface area contributed by atoms with E-state index in [9.17, 15) is 13.2 Å². The van der Waals surface area contributed by atoms with E-state index in [1.54, 1.807) is 32.9 Å². The molecule has 0 aliphatic heterocycles. The number of anilines is 1. The summed E-state index contributed by atoms with van der Waals surface area (Å²) in [4.78, 5) is 12.3. The lowest BCUT2D eigenvalue weighted by Crippen LogP contribution is -2.36. The molecule has 7 nitrogen and oxygen atoms in total.